The van der Waals surface area contributed by atoms with Crippen molar-refractivity contribution in [1.29, 1.82) is 0 Å². The maximum Gasteiger partial charge on any atom is 0.127 e. The molecule has 0 bridgehead atoms. The van der Waals surface area contributed by atoms with Gasteiger partial charge in [0.1, 0.15) is 5.67 Å². The molecule has 3 nitrogen and oxygen atoms in total. The summed E-state index contributed by atoms with van der Waals surface area (Å²) in [5.74, 6) is 0. The number of aliphatic hydroxyl groups is 1. The normalized spacial score (nSPS) is 24.2. The standard InChI is InChI=1S/C17H25FN2O/c18-17(14-19-10-6-16(21)7-11-19)8-12-20(13-9-17)15-4-2-1-3-5-15/h1-5,16,21H,6-14H2. The lowest BCUT2D eigenvalue weighted by atomic mass is 9.91. The van der Waals surface area contributed by atoms with Crippen molar-refractivity contribution in [2.75, 3.05) is 37.6 Å². The van der Waals surface area contributed by atoms with Crippen LogP contribution in [0.25, 0.3) is 0 Å². The zero-order valence-corrected chi connectivity index (χ0v) is 12.5. The molecule has 3 rings (SSSR count). The molecule has 0 saturated carbocycles. The van der Waals surface area contributed by atoms with Gasteiger partial charge in [0.2, 0.25) is 0 Å². The van der Waals surface area contributed by atoms with E-state index >= 15 is 4.39 Å². The van der Waals surface area contributed by atoms with Crippen LogP contribution in [0.15, 0.2) is 30.3 Å². The number of anilines is 1. The Hall–Kier alpha value is -1.13. The molecule has 0 atom stereocenters. The van der Waals surface area contributed by atoms with Crippen LogP contribution in [0.5, 0.6) is 0 Å². The molecular weight excluding hydrogens is 267 g/mol. The third-order valence-corrected chi connectivity index (χ3v) is 4.84. The molecule has 1 N–H and O–H groups in total. The summed E-state index contributed by atoms with van der Waals surface area (Å²) in [5, 5.41) is 9.53. The Balaban J connectivity index is 1.52. The number of nitrogens with zero attached hydrogens (tertiary/aromatic N) is 2. The summed E-state index contributed by atoms with van der Waals surface area (Å²) in [7, 11) is 0. The first-order valence-corrected chi connectivity index (χ1v) is 8.04. The highest BCUT2D eigenvalue weighted by atomic mass is 19.1. The highest BCUT2D eigenvalue weighted by molar-refractivity contribution is 5.46. The number of hydrogen-bond acceptors (Lipinski definition) is 3. The van der Waals surface area contributed by atoms with Crippen LogP contribution in [0.3, 0.4) is 0 Å². The Morgan fingerprint density at radius 3 is 2.29 bits per heavy atom. The largest absolute Gasteiger partial charge is 0.393 e. The van der Waals surface area contributed by atoms with Gasteiger partial charge in [-0.15, -0.1) is 0 Å². The molecule has 2 heterocycles. The molecule has 4 heteroatoms. The molecule has 116 valence electrons. The number of alkyl halides is 1. The number of piperidine rings is 2. The van der Waals surface area contributed by atoms with E-state index in [2.05, 4.69) is 21.9 Å². The molecule has 0 aliphatic carbocycles. The van der Waals surface area contributed by atoms with Gasteiger partial charge < -0.3 is 10.0 Å². The van der Waals surface area contributed by atoms with E-state index in [9.17, 15) is 5.11 Å². The lowest BCUT2D eigenvalue weighted by Crippen LogP contribution is -2.50. The molecule has 21 heavy (non-hydrogen) atoms. The predicted molar refractivity (Wildman–Crippen MR) is 83.4 cm³/mol. The van der Waals surface area contributed by atoms with E-state index in [0.717, 1.165) is 39.0 Å². The first-order chi connectivity index (χ1) is 10.1. The molecule has 2 aliphatic rings. The topological polar surface area (TPSA) is 26.7 Å². The molecule has 2 aliphatic heterocycles. The fourth-order valence-electron chi connectivity index (χ4n) is 3.44. The highest BCUT2D eigenvalue weighted by Crippen LogP contribution is 2.31. The van der Waals surface area contributed by atoms with Crippen LogP contribution in [0.2, 0.25) is 0 Å². The van der Waals surface area contributed by atoms with Crippen LogP contribution in [-0.4, -0.2) is 54.5 Å². The highest BCUT2D eigenvalue weighted by Gasteiger charge is 2.36. The minimum atomic E-state index is -1.06. The molecule has 0 radical (unpaired) electrons. The number of benzene rings is 1. The molecule has 0 amide bonds. The molecule has 0 aromatic heterocycles. The van der Waals surface area contributed by atoms with Crippen molar-refractivity contribution in [3.05, 3.63) is 30.3 Å². The minimum Gasteiger partial charge on any atom is -0.393 e. The number of rotatable bonds is 3. The molecule has 2 fully saturated rings. The van der Waals surface area contributed by atoms with Crippen molar-refractivity contribution in [2.45, 2.75) is 37.5 Å². The van der Waals surface area contributed by atoms with Crippen molar-refractivity contribution in [3.8, 4) is 0 Å². The molecule has 1 aromatic carbocycles. The van der Waals surface area contributed by atoms with Gasteiger partial charge in [-0.05, 0) is 25.0 Å². The smallest absolute Gasteiger partial charge is 0.127 e. The monoisotopic (exact) mass is 292 g/mol. The maximum absolute atomic E-state index is 15.0. The lowest BCUT2D eigenvalue weighted by molar-refractivity contribution is 0.0277. The Morgan fingerprint density at radius 2 is 1.67 bits per heavy atom. The number of aliphatic hydroxyl groups excluding tert-OH is 1. The average molecular weight is 292 g/mol. The molecule has 2 saturated heterocycles. The first-order valence-electron chi connectivity index (χ1n) is 8.04. The van der Waals surface area contributed by atoms with E-state index in [-0.39, 0.29) is 6.10 Å². The second-order valence-corrected chi connectivity index (χ2v) is 6.48. The van der Waals surface area contributed by atoms with Crippen LogP contribution in [0, 0.1) is 0 Å². The van der Waals surface area contributed by atoms with E-state index in [0.29, 0.717) is 19.4 Å². The predicted octanol–water partition coefficient (Wildman–Crippen LogP) is 2.45. The lowest BCUT2D eigenvalue weighted by Gasteiger charge is -2.41. The van der Waals surface area contributed by atoms with Gasteiger partial charge >= 0.3 is 0 Å². The van der Waals surface area contributed by atoms with Gasteiger partial charge in [0.15, 0.2) is 0 Å². The summed E-state index contributed by atoms with van der Waals surface area (Å²) in [6.45, 7) is 3.76. The van der Waals surface area contributed by atoms with E-state index in [1.165, 1.54) is 5.69 Å². The summed E-state index contributed by atoms with van der Waals surface area (Å²) >= 11 is 0. The minimum absolute atomic E-state index is 0.184. The summed E-state index contributed by atoms with van der Waals surface area (Å²) in [6.07, 6.45) is 2.58. The number of para-hydroxylation sites is 1. The van der Waals surface area contributed by atoms with Crippen molar-refractivity contribution in [1.82, 2.24) is 4.90 Å². The SMILES string of the molecule is OC1CCN(CC2(F)CCN(c3ccccc3)CC2)CC1. The quantitative estimate of drug-likeness (QED) is 0.927. The summed E-state index contributed by atoms with van der Waals surface area (Å²) in [4.78, 5) is 4.46. The van der Waals surface area contributed by atoms with Gasteiger partial charge in [0.05, 0.1) is 6.10 Å². The van der Waals surface area contributed by atoms with Crippen LogP contribution >= 0.6 is 0 Å². The van der Waals surface area contributed by atoms with Crippen molar-refractivity contribution in [2.24, 2.45) is 0 Å². The second-order valence-electron chi connectivity index (χ2n) is 6.48. The zero-order chi connectivity index (χ0) is 14.7. The summed E-state index contributed by atoms with van der Waals surface area (Å²) < 4.78 is 15.0. The maximum atomic E-state index is 15.0. The Morgan fingerprint density at radius 1 is 1.05 bits per heavy atom. The van der Waals surface area contributed by atoms with Gasteiger partial charge in [-0.2, -0.15) is 0 Å². The third kappa shape index (κ3) is 3.74. The van der Waals surface area contributed by atoms with Gasteiger partial charge in [-0.1, -0.05) is 18.2 Å². The number of hydrogen-bond donors (Lipinski definition) is 1. The number of likely N-dealkylation sites (tertiary alicyclic amines) is 1. The number of halogens is 1. The average Bonchev–Trinajstić information content (AvgIpc) is 2.51. The van der Waals surface area contributed by atoms with Crippen LogP contribution < -0.4 is 4.90 Å². The van der Waals surface area contributed by atoms with Gasteiger partial charge in [-0.3, -0.25) is 4.90 Å². The third-order valence-electron chi connectivity index (χ3n) is 4.84. The van der Waals surface area contributed by atoms with E-state index < -0.39 is 5.67 Å². The van der Waals surface area contributed by atoms with E-state index in [1.54, 1.807) is 0 Å². The summed E-state index contributed by atoms with van der Waals surface area (Å²) in [5.41, 5.74) is 0.133. The molecule has 1 aromatic rings. The fourth-order valence-corrected chi connectivity index (χ4v) is 3.44. The Kier molecular flexibility index (Phi) is 4.45. The molecule has 0 unspecified atom stereocenters. The first kappa shape index (κ1) is 14.8. The van der Waals surface area contributed by atoms with Crippen molar-refractivity contribution in [3.63, 3.8) is 0 Å². The van der Waals surface area contributed by atoms with Crippen molar-refractivity contribution < 1.29 is 9.50 Å². The van der Waals surface area contributed by atoms with Gasteiger partial charge in [-0.25, -0.2) is 4.39 Å². The van der Waals surface area contributed by atoms with Crippen molar-refractivity contribution >= 4 is 5.69 Å². The molecular formula is C17H25FN2O. The second kappa shape index (κ2) is 6.32. The molecule has 0 spiro atoms. The fraction of sp³-hybridized carbons (Fsp3) is 0.647. The Labute approximate surface area is 126 Å². The van der Waals surface area contributed by atoms with Gasteiger partial charge in [0.25, 0.3) is 0 Å². The Bertz CT molecular complexity index is 437. The van der Waals surface area contributed by atoms with E-state index in [4.69, 9.17) is 0 Å². The van der Waals surface area contributed by atoms with Crippen LogP contribution in [0.4, 0.5) is 10.1 Å². The van der Waals surface area contributed by atoms with E-state index in [1.807, 2.05) is 18.2 Å². The summed E-state index contributed by atoms with van der Waals surface area (Å²) in [6, 6.07) is 10.3. The zero-order valence-electron chi connectivity index (χ0n) is 12.5. The van der Waals surface area contributed by atoms with Crippen LogP contribution in [0.1, 0.15) is 25.7 Å². The van der Waals surface area contributed by atoms with Gasteiger partial charge in [0, 0.05) is 51.3 Å². The van der Waals surface area contributed by atoms with Crippen LogP contribution in [-0.2, 0) is 0 Å².